The highest BCUT2D eigenvalue weighted by atomic mass is 16.5. The van der Waals surface area contributed by atoms with Crippen molar-refractivity contribution in [2.45, 2.75) is 32.1 Å². The molecule has 1 aliphatic carbocycles. The molecular weight excluding hydrogens is 190 g/mol. The van der Waals surface area contributed by atoms with Gasteiger partial charge >= 0.3 is 0 Å². The number of hydrogen-bond acceptors (Lipinski definition) is 3. The van der Waals surface area contributed by atoms with Crippen LogP contribution in [0.2, 0.25) is 0 Å². The Balaban J connectivity index is 1.66. The minimum absolute atomic E-state index is 0.794. The van der Waals surface area contributed by atoms with Crippen LogP contribution < -0.4 is 5.32 Å². The van der Waals surface area contributed by atoms with Crippen molar-refractivity contribution in [1.29, 1.82) is 0 Å². The molecule has 0 spiro atoms. The van der Waals surface area contributed by atoms with Crippen molar-refractivity contribution in [2.24, 2.45) is 5.92 Å². The summed E-state index contributed by atoms with van der Waals surface area (Å²) < 4.78 is 10.5. The van der Waals surface area contributed by atoms with E-state index in [4.69, 9.17) is 9.47 Å². The zero-order valence-electron chi connectivity index (χ0n) is 9.96. The van der Waals surface area contributed by atoms with Crippen molar-refractivity contribution in [3.8, 4) is 0 Å². The van der Waals surface area contributed by atoms with E-state index in [9.17, 15) is 0 Å². The Morgan fingerprint density at radius 3 is 2.67 bits per heavy atom. The molecule has 0 aromatic rings. The molecule has 3 nitrogen and oxygen atoms in total. The first-order chi connectivity index (χ1) is 7.43. The quantitative estimate of drug-likeness (QED) is 0.564. The molecule has 0 atom stereocenters. The van der Waals surface area contributed by atoms with Gasteiger partial charge in [-0.15, -0.1) is 0 Å². The summed E-state index contributed by atoms with van der Waals surface area (Å²) in [4.78, 5) is 0. The summed E-state index contributed by atoms with van der Waals surface area (Å²) in [6.45, 7) is 4.63. The van der Waals surface area contributed by atoms with Crippen molar-refractivity contribution in [2.75, 3.05) is 40.0 Å². The maximum absolute atomic E-state index is 5.58. The zero-order chi connectivity index (χ0) is 10.8. The van der Waals surface area contributed by atoms with Gasteiger partial charge in [-0.1, -0.05) is 19.3 Å². The molecule has 0 unspecified atom stereocenters. The maximum Gasteiger partial charge on any atom is 0.0587 e. The Hall–Kier alpha value is -0.120. The van der Waals surface area contributed by atoms with E-state index in [0.29, 0.717) is 0 Å². The van der Waals surface area contributed by atoms with E-state index in [2.05, 4.69) is 5.32 Å². The molecule has 1 N–H and O–H groups in total. The van der Waals surface area contributed by atoms with Gasteiger partial charge < -0.3 is 14.8 Å². The number of hydrogen-bond donors (Lipinski definition) is 1. The Labute approximate surface area is 93.5 Å². The van der Waals surface area contributed by atoms with E-state index in [0.717, 1.165) is 45.2 Å². The summed E-state index contributed by atoms with van der Waals surface area (Å²) in [6.07, 6.45) is 6.68. The van der Waals surface area contributed by atoms with E-state index in [1.165, 1.54) is 25.7 Å². The van der Waals surface area contributed by atoms with E-state index < -0.39 is 0 Å². The average Bonchev–Trinajstić information content (AvgIpc) is 2.18. The molecule has 0 aromatic heterocycles. The standard InChI is InChI=1S/C12H25NO2/c1-14-11-8-13-7-3-9-15-10-6-12-4-2-5-12/h12-13H,2-11H2,1H3. The lowest BCUT2D eigenvalue weighted by molar-refractivity contribution is 0.104. The van der Waals surface area contributed by atoms with E-state index in [1.807, 2.05) is 0 Å². The summed E-state index contributed by atoms with van der Waals surface area (Å²) in [5.41, 5.74) is 0. The molecule has 1 rings (SSSR count). The van der Waals surface area contributed by atoms with Crippen LogP contribution in [0.1, 0.15) is 32.1 Å². The number of nitrogens with one attached hydrogen (secondary N) is 1. The van der Waals surface area contributed by atoms with Crippen molar-refractivity contribution < 1.29 is 9.47 Å². The molecular formula is C12H25NO2. The zero-order valence-corrected chi connectivity index (χ0v) is 9.96. The van der Waals surface area contributed by atoms with Crippen molar-refractivity contribution in [3.05, 3.63) is 0 Å². The predicted molar refractivity (Wildman–Crippen MR) is 62.1 cm³/mol. The fourth-order valence-electron chi connectivity index (χ4n) is 1.73. The Kier molecular flexibility index (Phi) is 7.88. The van der Waals surface area contributed by atoms with Crippen LogP contribution in [0, 0.1) is 5.92 Å². The van der Waals surface area contributed by atoms with E-state index >= 15 is 0 Å². The van der Waals surface area contributed by atoms with Gasteiger partial charge in [0.2, 0.25) is 0 Å². The second-order valence-corrected chi connectivity index (χ2v) is 4.29. The van der Waals surface area contributed by atoms with E-state index in [1.54, 1.807) is 7.11 Å². The van der Waals surface area contributed by atoms with Gasteiger partial charge in [-0.25, -0.2) is 0 Å². The van der Waals surface area contributed by atoms with Gasteiger partial charge in [-0.2, -0.15) is 0 Å². The minimum Gasteiger partial charge on any atom is -0.383 e. The second kappa shape index (κ2) is 9.13. The topological polar surface area (TPSA) is 30.5 Å². The first kappa shape index (κ1) is 12.9. The third-order valence-electron chi connectivity index (χ3n) is 3.02. The normalized spacial score (nSPS) is 16.6. The summed E-state index contributed by atoms with van der Waals surface area (Å²) in [5, 5.41) is 3.30. The van der Waals surface area contributed by atoms with Crippen LogP contribution >= 0.6 is 0 Å². The highest BCUT2D eigenvalue weighted by Crippen LogP contribution is 2.28. The van der Waals surface area contributed by atoms with Crippen LogP contribution in [0.25, 0.3) is 0 Å². The number of rotatable bonds is 10. The lowest BCUT2D eigenvalue weighted by Gasteiger charge is -2.24. The van der Waals surface area contributed by atoms with Gasteiger partial charge in [0.1, 0.15) is 0 Å². The molecule has 0 radical (unpaired) electrons. The molecule has 0 amide bonds. The molecule has 1 fully saturated rings. The second-order valence-electron chi connectivity index (χ2n) is 4.29. The summed E-state index contributed by atoms with van der Waals surface area (Å²) in [5.74, 6) is 0.977. The minimum atomic E-state index is 0.794. The van der Waals surface area contributed by atoms with Crippen LogP contribution in [0.5, 0.6) is 0 Å². The molecule has 0 heterocycles. The molecule has 15 heavy (non-hydrogen) atoms. The largest absolute Gasteiger partial charge is 0.383 e. The number of methoxy groups -OCH3 is 1. The fourth-order valence-corrected chi connectivity index (χ4v) is 1.73. The molecule has 0 bridgehead atoms. The Morgan fingerprint density at radius 2 is 2.00 bits per heavy atom. The van der Waals surface area contributed by atoms with Gasteiger partial charge in [-0.3, -0.25) is 0 Å². The van der Waals surface area contributed by atoms with Crippen LogP contribution in [0.4, 0.5) is 0 Å². The summed E-state index contributed by atoms with van der Waals surface area (Å²) in [7, 11) is 1.73. The highest BCUT2D eigenvalue weighted by Gasteiger charge is 2.16. The molecule has 0 aliphatic heterocycles. The van der Waals surface area contributed by atoms with Gasteiger partial charge in [0, 0.05) is 26.9 Å². The monoisotopic (exact) mass is 215 g/mol. The Morgan fingerprint density at radius 1 is 1.13 bits per heavy atom. The van der Waals surface area contributed by atoms with Crippen molar-refractivity contribution in [1.82, 2.24) is 5.32 Å². The van der Waals surface area contributed by atoms with Gasteiger partial charge in [0.25, 0.3) is 0 Å². The van der Waals surface area contributed by atoms with Gasteiger partial charge in [0.15, 0.2) is 0 Å². The van der Waals surface area contributed by atoms with Crippen molar-refractivity contribution in [3.63, 3.8) is 0 Å². The molecule has 0 aromatic carbocycles. The van der Waals surface area contributed by atoms with Gasteiger partial charge in [-0.05, 0) is 25.3 Å². The third-order valence-corrected chi connectivity index (χ3v) is 3.02. The average molecular weight is 215 g/mol. The summed E-state index contributed by atoms with van der Waals surface area (Å²) in [6, 6.07) is 0. The summed E-state index contributed by atoms with van der Waals surface area (Å²) >= 11 is 0. The maximum atomic E-state index is 5.58. The molecule has 90 valence electrons. The third kappa shape index (κ3) is 6.88. The molecule has 1 saturated carbocycles. The van der Waals surface area contributed by atoms with Crippen LogP contribution in [-0.4, -0.2) is 40.0 Å². The van der Waals surface area contributed by atoms with Gasteiger partial charge in [0.05, 0.1) is 6.61 Å². The van der Waals surface area contributed by atoms with Crippen LogP contribution in [0.15, 0.2) is 0 Å². The SMILES string of the molecule is COCCNCCCOCCC1CCC1. The lowest BCUT2D eigenvalue weighted by Crippen LogP contribution is -2.21. The molecule has 0 saturated heterocycles. The van der Waals surface area contributed by atoms with E-state index in [-0.39, 0.29) is 0 Å². The molecule has 3 heteroatoms. The first-order valence-corrected chi connectivity index (χ1v) is 6.21. The molecule has 1 aliphatic rings. The Bertz CT molecular complexity index is 138. The first-order valence-electron chi connectivity index (χ1n) is 6.21. The van der Waals surface area contributed by atoms with Crippen molar-refractivity contribution >= 4 is 0 Å². The van der Waals surface area contributed by atoms with Crippen LogP contribution in [-0.2, 0) is 9.47 Å². The number of ether oxygens (including phenoxy) is 2. The highest BCUT2D eigenvalue weighted by molar-refractivity contribution is 4.68. The predicted octanol–water partition coefficient (Wildman–Crippen LogP) is 1.82. The van der Waals surface area contributed by atoms with Crippen LogP contribution in [0.3, 0.4) is 0 Å². The smallest absolute Gasteiger partial charge is 0.0587 e. The lowest BCUT2D eigenvalue weighted by atomic mass is 9.83. The fraction of sp³-hybridized carbons (Fsp3) is 1.00.